The first-order chi connectivity index (χ1) is 13.5. The van der Waals surface area contributed by atoms with Crippen LogP contribution in [0.25, 0.3) is 10.8 Å². The van der Waals surface area contributed by atoms with E-state index in [4.69, 9.17) is 4.74 Å². The van der Waals surface area contributed by atoms with E-state index in [0.717, 1.165) is 40.2 Å². The summed E-state index contributed by atoms with van der Waals surface area (Å²) in [5.41, 5.74) is 3.52. The number of aromatic nitrogens is 2. The molecule has 2 aromatic carbocycles. The van der Waals surface area contributed by atoms with E-state index in [-0.39, 0.29) is 12.5 Å². The molecule has 1 aromatic heterocycles. The van der Waals surface area contributed by atoms with Crippen LogP contribution >= 0.6 is 0 Å². The molecule has 3 rings (SSSR count). The number of H-pyrrole nitrogens is 1. The van der Waals surface area contributed by atoms with Crippen LogP contribution in [0.4, 0.5) is 5.69 Å². The molecule has 1 heterocycles. The minimum absolute atomic E-state index is 0.0636. The molecule has 6 heteroatoms. The van der Waals surface area contributed by atoms with Crippen molar-refractivity contribution >= 4 is 22.4 Å². The second-order valence-corrected chi connectivity index (χ2v) is 7.14. The molecule has 6 nitrogen and oxygen atoms in total. The number of aryl methyl sites for hydroxylation is 2. The van der Waals surface area contributed by atoms with Gasteiger partial charge in [0.25, 0.3) is 0 Å². The average Bonchev–Trinajstić information content (AvgIpc) is 2.99. The fourth-order valence-corrected chi connectivity index (χ4v) is 3.31. The molecular formula is C22H28N4O2. The molecular weight excluding hydrogens is 352 g/mol. The summed E-state index contributed by atoms with van der Waals surface area (Å²) < 4.78 is 5.98. The predicted octanol–water partition coefficient (Wildman–Crippen LogP) is 4.04. The summed E-state index contributed by atoms with van der Waals surface area (Å²) in [6, 6.07) is 12.4. The number of hydrogen-bond acceptors (Lipinski definition) is 4. The fourth-order valence-electron chi connectivity index (χ4n) is 3.31. The molecule has 0 aliphatic heterocycles. The van der Waals surface area contributed by atoms with Gasteiger partial charge < -0.3 is 10.1 Å². The zero-order valence-electron chi connectivity index (χ0n) is 17.0. The van der Waals surface area contributed by atoms with Crippen LogP contribution < -0.4 is 10.1 Å². The van der Waals surface area contributed by atoms with E-state index in [1.807, 2.05) is 44.0 Å². The molecule has 3 aromatic rings. The van der Waals surface area contributed by atoms with E-state index in [9.17, 15) is 4.79 Å². The molecule has 0 fully saturated rings. The number of fused-ring (bicyclic) bond motifs is 1. The van der Waals surface area contributed by atoms with Gasteiger partial charge in [0.1, 0.15) is 5.75 Å². The number of nitrogens with zero attached hydrogens (tertiary/aromatic N) is 2. The maximum absolute atomic E-state index is 12.5. The van der Waals surface area contributed by atoms with Gasteiger partial charge in [0.15, 0.2) is 0 Å². The van der Waals surface area contributed by atoms with Gasteiger partial charge in [0.05, 0.1) is 30.2 Å². The smallest absolute Gasteiger partial charge is 0.238 e. The van der Waals surface area contributed by atoms with E-state index < -0.39 is 0 Å². The number of aromatic amines is 1. The molecule has 28 heavy (non-hydrogen) atoms. The number of ether oxygens (including phenoxy) is 1. The summed E-state index contributed by atoms with van der Waals surface area (Å²) >= 11 is 0. The van der Waals surface area contributed by atoms with Crippen LogP contribution in [-0.2, 0) is 11.3 Å². The summed E-state index contributed by atoms with van der Waals surface area (Å²) in [5.74, 6) is 0.820. The number of benzene rings is 2. The van der Waals surface area contributed by atoms with Crippen LogP contribution in [0.15, 0.2) is 36.4 Å². The van der Waals surface area contributed by atoms with Crippen molar-refractivity contribution in [3.63, 3.8) is 0 Å². The molecule has 0 radical (unpaired) electrons. The number of carbonyl (C=O) groups is 1. The average molecular weight is 380 g/mol. The Balaban J connectivity index is 1.76. The van der Waals surface area contributed by atoms with Crippen molar-refractivity contribution in [3.05, 3.63) is 53.3 Å². The molecule has 0 unspecified atom stereocenters. The van der Waals surface area contributed by atoms with E-state index >= 15 is 0 Å². The molecule has 0 saturated carbocycles. The minimum Gasteiger partial charge on any atom is -0.493 e. The molecule has 0 spiro atoms. The number of carbonyl (C=O) groups excluding carboxylic acids is 1. The summed E-state index contributed by atoms with van der Waals surface area (Å²) in [6.07, 6.45) is 0.952. The summed E-state index contributed by atoms with van der Waals surface area (Å²) in [4.78, 5) is 14.5. The lowest BCUT2D eigenvalue weighted by Gasteiger charge is -2.20. The van der Waals surface area contributed by atoms with E-state index in [2.05, 4.69) is 40.6 Å². The van der Waals surface area contributed by atoms with Crippen molar-refractivity contribution in [2.24, 2.45) is 0 Å². The van der Waals surface area contributed by atoms with E-state index in [1.165, 1.54) is 5.39 Å². The summed E-state index contributed by atoms with van der Waals surface area (Å²) in [5, 5.41) is 12.3. The lowest BCUT2D eigenvalue weighted by Crippen LogP contribution is -2.30. The Bertz CT molecular complexity index is 945. The molecule has 0 bridgehead atoms. The quantitative estimate of drug-likeness (QED) is 0.619. The second kappa shape index (κ2) is 8.89. The Morgan fingerprint density at radius 2 is 2.00 bits per heavy atom. The molecule has 0 aliphatic rings. The number of anilines is 1. The second-order valence-electron chi connectivity index (χ2n) is 7.14. The Morgan fingerprint density at radius 1 is 1.21 bits per heavy atom. The van der Waals surface area contributed by atoms with Gasteiger partial charge in [-0.25, -0.2) is 0 Å². The molecule has 0 saturated heterocycles. The Kier molecular flexibility index (Phi) is 6.31. The van der Waals surface area contributed by atoms with Crippen LogP contribution in [0, 0.1) is 13.8 Å². The molecule has 0 atom stereocenters. The number of amides is 1. The summed E-state index contributed by atoms with van der Waals surface area (Å²) in [7, 11) is 1.94. The van der Waals surface area contributed by atoms with E-state index in [1.54, 1.807) is 0 Å². The third-order valence-electron chi connectivity index (χ3n) is 4.69. The third-order valence-corrected chi connectivity index (χ3v) is 4.69. The zero-order chi connectivity index (χ0) is 20.1. The van der Waals surface area contributed by atoms with Gasteiger partial charge in [-0.05, 0) is 44.2 Å². The maximum atomic E-state index is 12.5. The van der Waals surface area contributed by atoms with Gasteiger partial charge in [-0.15, -0.1) is 0 Å². The van der Waals surface area contributed by atoms with Crippen LogP contribution in [0.3, 0.4) is 0 Å². The number of nitrogens with one attached hydrogen (secondary N) is 2. The molecule has 2 N–H and O–H groups in total. The van der Waals surface area contributed by atoms with Crippen LogP contribution in [0.1, 0.15) is 30.3 Å². The Morgan fingerprint density at radius 3 is 2.71 bits per heavy atom. The fraction of sp³-hybridized carbons (Fsp3) is 0.364. The normalized spacial score (nSPS) is 11.2. The van der Waals surface area contributed by atoms with Gasteiger partial charge in [-0.1, -0.05) is 37.3 Å². The van der Waals surface area contributed by atoms with Gasteiger partial charge in [0.2, 0.25) is 5.91 Å². The highest BCUT2D eigenvalue weighted by atomic mass is 16.5. The third kappa shape index (κ3) is 4.51. The largest absolute Gasteiger partial charge is 0.493 e. The lowest BCUT2D eigenvalue weighted by atomic mass is 10.0. The van der Waals surface area contributed by atoms with Crippen molar-refractivity contribution in [2.75, 3.05) is 25.5 Å². The predicted molar refractivity (Wildman–Crippen MR) is 113 cm³/mol. The lowest BCUT2D eigenvalue weighted by molar-refractivity contribution is -0.117. The first-order valence-electron chi connectivity index (χ1n) is 9.63. The van der Waals surface area contributed by atoms with Gasteiger partial charge in [-0.3, -0.25) is 14.8 Å². The van der Waals surface area contributed by atoms with Gasteiger partial charge >= 0.3 is 0 Å². The first kappa shape index (κ1) is 19.9. The van der Waals surface area contributed by atoms with Crippen LogP contribution in [0.2, 0.25) is 0 Å². The van der Waals surface area contributed by atoms with Crippen molar-refractivity contribution in [1.29, 1.82) is 0 Å². The minimum atomic E-state index is -0.0636. The van der Waals surface area contributed by atoms with Crippen molar-refractivity contribution in [1.82, 2.24) is 15.1 Å². The highest BCUT2D eigenvalue weighted by molar-refractivity contribution is 5.93. The number of likely N-dealkylation sites (N-methyl/N-ethyl adjacent to an activating group) is 1. The van der Waals surface area contributed by atoms with Gasteiger partial charge in [0, 0.05) is 12.1 Å². The Labute approximate surface area is 165 Å². The summed E-state index contributed by atoms with van der Waals surface area (Å²) in [6.45, 7) is 7.44. The molecule has 148 valence electrons. The highest BCUT2D eigenvalue weighted by Gasteiger charge is 2.15. The maximum Gasteiger partial charge on any atom is 0.238 e. The first-order valence-corrected chi connectivity index (χ1v) is 9.63. The van der Waals surface area contributed by atoms with Crippen molar-refractivity contribution < 1.29 is 9.53 Å². The molecule has 1 amide bonds. The van der Waals surface area contributed by atoms with E-state index in [0.29, 0.717) is 13.2 Å². The highest BCUT2D eigenvalue weighted by Crippen LogP contribution is 2.29. The number of rotatable bonds is 8. The monoisotopic (exact) mass is 380 g/mol. The number of hydrogen-bond donors (Lipinski definition) is 2. The Hall–Kier alpha value is -2.86. The van der Waals surface area contributed by atoms with Gasteiger partial charge in [-0.2, -0.15) is 5.10 Å². The van der Waals surface area contributed by atoms with Crippen molar-refractivity contribution in [2.45, 2.75) is 33.7 Å². The van der Waals surface area contributed by atoms with Crippen LogP contribution in [0.5, 0.6) is 5.75 Å². The van der Waals surface area contributed by atoms with Crippen LogP contribution in [-0.4, -0.2) is 41.2 Å². The molecule has 0 aliphatic carbocycles. The SMILES string of the molecule is CCCOc1ccc2ccccc2c1CN(C)CC(=O)Nc1c(C)n[nH]c1C. The zero-order valence-corrected chi connectivity index (χ0v) is 17.0. The standard InChI is InChI=1S/C22H28N4O2/c1-5-12-28-20-11-10-17-8-6-7-9-18(17)19(20)13-26(4)14-21(27)23-22-15(2)24-25-16(22)3/h6-11H,5,12-14H2,1-4H3,(H,23,27)(H,24,25). The topological polar surface area (TPSA) is 70.2 Å². The van der Waals surface area contributed by atoms with Crippen molar-refractivity contribution in [3.8, 4) is 5.75 Å².